The Balaban J connectivity index is 1.61. The minimum atomic E-state index is -0.234. The number of fused-ring (bicyclic) bond motifs is 1. The van der Waals surface area contributed by atoms with Crippen LogP contribution in [0.4, 0.5) is 0 Å². The Bertz CT molecular complexity index is 917. The molecule has 7 heteroatoms. The third kappa shape index (κ3) is 3.30. The summed E-state index contributed by atoms with van der Waals surface area (Å²) in [5, 5.41) is 3.13. The molecular weight excluding hydrogens is 330 g/mol. The van der Waals surface area contributed by atoms with Gasteiger partial charge in [-0.25, -0.2) is 9.97 Å². The highest BCUT2D eigenvalue weighted by Gasteiger charge is 2.30. The molecule has 134 valence electrons. The van der Waals surface area contributed by atoms with E-state index in [2.05, 4.69) is 20.3 Å². The standard InChI is InChI=1S/C19H21N5O2/c1-24-9-8-20-18(24)17(13-6-10-26-11-7-13)23-19(25)16-12-21-14-4-2-3-5-15(14)22-16/h2-5,8-9,12-13,17H,6-7,10-11H2,1H3,(H,23,25)/t17-/m1/s1. The molecule has 1 aliphatic heterocycles. The van der Waals surface area contributed by atoms with Crippen molar-refractivity contribution in [2.45, 2.75) is 18.9 Å². The van der Waals surface area contributed by atoms with Crippen LogP contribution in [0.1, 0.15) is 35.2 Å². The zero-order valence-electron chi connectivity index (χ0n) is 14.6. The van der Waals surface area contributed by atoms with Crippen LogP contribution in [0.15, 0.2) is 42.9 Å². The van der Waals surface area contributed by atoms with Crippen LogP contribution < -0.4 is 5.32 Å². The molecule has 1 atom stereocenters. The maximum absolute atomic E-state index is 12.9. The van der Waals surface area contributed by atoms with E-state index in [4.69, 9.17) is 4.74 Å². The summed E-state index contributed by atoms with van der Waals surface area (Å²) in [6.07, 6.45) is 6.95. The largest absolute Gasteiger partial charge is 0.381 e. The second-order valence-corrected chi connectivity index (χ2v) is 6.54. The molecule has 0 bridgehead atoms. The van der Waals surface area contributed by atoms with Crippen molar-refractivity contribution in [3.8, 4) is 0 Å². The van der Waals surface area contributed by atoms with Gasteiger partial charge in [-0.2, -0.15) is 0 Å². The van der Waals surface area contributed by atoms with E-state index < -0.39 is 0 Å². The van der Waals surface area contributed by atoms with Crippen molar-refractivity contribution in [1.29, 1.82) is 0 Å². The average Bonchev–Trinajstić information content (AvgIpc) is 3.12. The number of hydrogen-bond acceptors (Lipinski definition) is 5. The van der Waals surface area contributed by atoms with Gasteiger partial charge in [-0.3, -0.25) is 9.78 Å². The van der Waals surface area contributed by atoms with Gasteiger partial charge in [0.1, 0.15) is 11.5 Å². The molecule has 1 saturated heterocycles. The third-order valence-corrected chi connectivity index (χ3v) is 4.84. The molecule has 7 nitrogen and oxygen atoms in total. The number of carbonyl (C=O) groups is 1. The quantitative estimate of drug-likeness (QED) is 0.780. The van der Waals surface area contributed by atoms with E-state index in [0.29, 0.717) is 24.4 Å². The Hall–Kier alpha value is -2.80. The molecule has 1 N–H and O–H groups in total. The lowest BCUT2D eigenvalue weighted by atomic mass is 9.91. The lowest BCUT2D eigenvalue weighted by molar-refractivity contribution is 0.0498. The summed E-state index contributed by atoms with van der Waals surface area (Å²) in [5.74, 6) is 0.893. The van der Waals surface area contributed by atoms with E-state index in [1.807, 2.05) is 42.1 Å². The van der Waals surface area contributed by atoms with Gasteiger partial charge in [0.2, 0.25) is 0 Å². The third-order valence-electron chi connectivity index (χ3n) is 4.84. The molecule has 0 saturated carbocycles. The molecule has 1 amide bonds. The van der Waals surface area contributed by atoms with Crippen LogP contribution in [0.25, 0.3) is 11.0 Å². The number of benzene rings is 1. The molecule has 0 radical (unpaired) electrons. The van der Waals surface area contributed by atoms with E-state index in [9.17, 15) is 4.79 Å². The van der Waals surface area contributed by atoms with Crippen LogP contribution in [0, 0.1) is 5.92 Å². The fourth-order valence-corrected chi connectivity index (χ4v) is 3.40. The first-order chi connectivity index (χ1) is 12.7. The summed E-state index contributed by atoms with van der Waals surface area (Å²) in [5.41, 5.74) is 1.80. The smallest absolute Gasteiger partial charge is 0.272 e. The molecule has 4 rings (SSSR count). The monoisotopic (exact) mass is 351 g/mol. The number of aromatic nitrogens is 4. The van der Waals surface area contributed by atoms with Gasteiger partial charge in [0.15, 0.2) is 0 Å². The van der Waals surface area contributed by atoms with Crippen LogP contribution in [0.3, 0.4) is 0 Å². The second kappa shape index (κ2) is 7.21. The summed E-state index contributed by atoms with van der Waals surface area (Å²) in [4.78, 5) is 26.1. The first kappa shape index (κ1) is 16.7. The Morgan fingerprint density at radius 3 is 2.73 bits per heavy atom. The van der Waals surface area contributed by atoms with Crippen molar-refractivity contribution in [1.82, 2.24) is 24.8 Å². The van der Waals surface area contributed by atoms with Crippen LogP contribution in [0.5, 0.6) is 0 Å². The number of imidazole rings is 1. The van der Waals surface area contributed by atoms with Crippen molar-refractivity contribution in [3.05, 3.63) is 54.4 Å². The number of rotatable bonds is 4. The van der Waals surface area contributed by atoms with Crippen LogP contribution in [0.2, 0.25) is 0 Å². The minimum absolute atomic E-state index is 0.181. The molecule has 26 heavy (non-hydrogen) atoms. The summed E-state index contributed by atoms with van der Waals surface area (Å²) >= 11 is 0. The number of ether oxygens (including phenoxy) is 1. The molecule has 0 spiro atoms. The van der Waals surface area contributed by atoms with E-state index >= 15 is 0 Å². The minimum Gasteiger partial charge on any atom is -0.381 e. The predicted molar refractivity (Wildman–Crippen MR) is 96.5 cm³/mol. The predicted octanol–water partition coefficient (Wildman–Crippen LogP) is 2.26. The second-order valence-electron chi connectivity index (χ2n) is 6.54. The highest BCUT2D eigenvalue weighted by Crippen LogP contribution is 2.29. The number of aryl methyl sites for hydroxylation is 1. The molecule has 3 heterocycles. The average molecular weight is 351 g/mol. The van der Waals surface area contributed by atoms with Gasteiger partial charge in [-0.05, 0) is 30.9 Å². The fraction of sp³-hybridized carbons (Fsp3) is 0.368. The van der Waals surface area contributed by atoms with Gasteiger partial charge < -0.3 is 14.6 Å². The van der Waals surface area contributed by atoms with Crippen molar-refractivity contribution < 1.29 is 9.53 Å². The molecule has 0 unspecified atom stereocenters. The molecule has 1 aliphatic rings. The normalized spacial score (nSPS) is 16.5. The highest BCUT2D eigenvalue weighted by atomic mass is 16.5. The lowest BCUT2D eigenvalue weighted by Gasteiger charge is -2.30. The van der Waals surface area contributed by atoms with Crippen LogP contribution in [-0.4, -0.2) is 38.6 Å². The molecule has 2 aromatic heterocycles. The van der Waals surface area contributed by atoms with Gasteiger partial charge in [-0.15, -0.1) is 0 Å². The summed E-state index contributed by atoms with van der Waals surface area (Å²) < 4.78 is 7.42. The van der Waals surface area contributed by atoms with Gasteiger partial charge >= 0.3 is 0 Å². The van der Waals surface area contributed by atoms with E-state index in [-0.39, 0.29) is 17.9 Å². The number of hydrogen-bond donors (Lipinski definition) is 1. The number of amides is 1. The Morgan fingerprint density at radius 1 is 1.23 bits per heavy atom. The van der Waals surface area contributed by atoms with Gasteiger partial charge in [0, 0.05) is 32.7 Å². The van der Waals surface area contributed by atoms with Gasteiger partial charge in [-0.1, -0.05) is 12.1 Å². The van der Waals surface area contributed by atoms with Gasteiger partial charge in [0.25, 0.3) is 5.91 Å². The number of para-hydroxylation sites is 2. The topological polar surface area (TPSA) is 81.9 Å². The number of carbonyl (C=O) groups excluding carboxylic acids is 1. The SMILES string of the molecule is Cn1ccnc1[C@H](NC(=O)c1cnc2ccccc2n1)C1CCOCC1. The van der Waals surface area contributed by atoms with E-state index in [1.54, 1.807) is 6.20 Å². The Morgan fingerprint density at radius 2 is 2.00 bits per heavy atom. The number of nitrogens with zero attached hydrogens (tertiary/aromatic N) is 4. The molecule has 1 aromatic carbocycles. The summed E-state index contributed by atoms with van der Waals surface area (Å²) in [6, 6.07) is 7.34. The summed E-state index contributed by atoms with van der Waals surface area (Å²) in [6.45, 7) is 1.41. The zero-order valence-corrected chi connectivity index (χ0v) is 14.6. The fourth-order valence-electron chi connectivity index (χ4n) is 3.40. The van der Waals surface area contributed by atoms with Crippen LogP contribution >= 0.6 is 0 Å². The molecule has 3 aromatic rings. The van der Waals surface area contributed by atoms with E-state index in [1.165, 1.54) is 6.20 Å². The van der Waals surface area contributed by atoms with Crippen molar-refractivity contribution in [2.24, 2.45) is 13.0 Å². The summed E-state index contributed by atoms with van der Waals surface area (Å²) in [7, 11) is 1.94. The molecular formula is C19H21N5O2. The Labute approximate surface area is 151 Å². The molecule has 0 aliphatic carbocycles. The maximum atomic E-state index is 12.9. The van der Waals surface area contributed by atoms with Gasteiger partial charge in [0.05, 0.1) is 23.3 Å². The van der Waals surface area contributed by atoms with Crippen molar-refractivity contribution in [2.75, 3.05) is 13.2 Å². The number of nitrogens with one attached hydrogen (secondary N) is 1. The van der Waals surface area contributed by atoms with Crippen molar-refractivity contribution in [3.63, 3.8) is 0 Å². The highest BCUT2D eigenvalue weighted by molar-refractivity contribution is 5.94. The molecule has 1 fully saturated rings. The Kier molecular flexibility index (Phi) is 4.62. The zero-order chi connectivity index (χ0) is 17.9. The van der Waals surface area contributed by atoms with E-state index in [0.717, 1.165) is 24.2 Å². The van der Waals surface area contributed by atoms with Crippen molar-refractivity contribution >= 4 is 16.9 Å². The first-order valence-electron chi connectivity index (χ1n) is 8.80. The van der Waals surface area contributed by atoms with Crippen LogP contribution in [-0.2, 0) is 11.8 Å². The lowest BCUT2D eigenvalue weighted by Crippen LogP contribution is -2.37. The first-order valence-corrected chi connectivity index (χ1v) is 8.80. The maximum Gasteiger partial charge on any atom is 0.272 e.